The molecule has 0 amide bonds. The lowest BCUT2D eigenvalue weighted by molar-refractivity contribution is 0.000793. The Hall–Kier alpha value is -1.75. The van der Waals surface area contributed by atoms with Gasteiger partial charge in [0, 0.05) is 12.5 Å². The van der Waals surface area contributed by atoms with Crippen LogP contribution in [0, 0.1) is 5.92 Å². The van der Waals surface area contributed by atoms with Crippen LogP contribution in [0.3, 0.4) is 0 Å². The van der Waals surface area contributed by atoms with Crippen LogP contribution in [-0.2, 0) is 9.47 Å². The minimum atomic E-state index is -0.308. The van der Waals surface area contributed by atoms with Gasteiger partial charge in [0.2, 0.25) is 0 Å². The molecule has 0 aromatic heterocycles. The van der Waals surface area contributed by atoms with Crippen LogP contribution in [0.25, 0.3) is 0 Å². The van der Waals surface area contributed by atoms with Gasteiger partial charge in [-0.3, -0.25) is 0 Å². The molecule has 2 fully saturated rings. The standard InChI is InChI=1S/C18H24O5/c1-3-21-15-6-5-13(11-16(15)22-4-2)17(19)23-18(8-9-18)14-7-10-20-12-14/h5-6,11,14H,3-4,7-10,12H2,1-2H3. The van der Waals surface area contributed by atoms with Gasteiger partial charge in [0.1, 0.15) is 5.60 Å². The molecule has 3 rings (SSSR count). The van der Waals surface area contributed by atoms with Crippen LogP contribution in [-0.4, -0.2) is 38.0 Å². The minimum Gasteiger partial charge on any atom is -0.490 e. The van der Waals surface area contributed by atoms with E-state index in [1.807, 2.05) is 13.8 Å². The number of esters is 1. The second-order valence-corrected chi connectivity index (χ2v) is 6.04. The summed E-state index contributed by atoms with van der Waals surface area (Å²) in [6.07, 6.45) is 2.84. The minimum absolute atomic E-state index is 0.293. The van der Waals surface area contributed by atoms with Crippen molar-refractivity contribution in [3.63, 3.8) is 0 Å². The van der Waals surface area contributed by atoms with Gasteiger partial charge >= 0.3 is 5.97 Å². The van der Waals surface area contributed by atoms with E-state index in [0.29, 0.717) is 42.8 Å². The number of ether oxygens (including phenoxy) is 4. The monoisotopic (exact) mass is 320 g/mol. The lowest BCUT2D eigenvalue weighted by Crippen LogP contribution is -2.29. The molecule has 0 spiro atoms. The predicted octanol–water partition coefficient (Wildman–Crippen LogP) is 3.21. The Labute approximate surface area is 136 Å². The third-order valence-corrected chi connectivity index (χ3v) is 4.49. The molecule has 1 aliphatic heterocycles. The van der Waals surface area contributed by atoms with Gasteiger partial charge in [0.05, 0.1) is 25.4 Å². The summed E-state index contributed by atoms with van der Waals surface area (Å²) in [7, 11) is 0. The molecule has 1 heterocycles. The lowest BCUT2D eigenvalue weighted by Gasteiger charge is -2.22. The summed E-state index contributed by atoms with van der Waals surface area (Å²) < 4.78 is 22.4. The van der Waals surface area contributed by atoms with Gasteiger partial charge in [-0.05, 0) is 51.3 Å². The average molecular weight is 320 g/mol. The van der Waals surface area contributed by atoms with E-state index in [1.54, 1.807) is 18.2 Å². The van der Waals surface area contributed by atoms with Gasteiger partial charge in [-0.25, -0.2) is 4.79 Å². The van der Waals surface area contributed by atoms with Crippen LogP contribution in [0.1, 0.15) is 43.5 Å². The van der Waals surface area contributed by atoms with Crippen LogP contribution < -0.4 is 9.47 Å². The highest BCUT2D eigenvalue weighted by Gasteiger charge is 2.54. The normalized spacial score (nSPS) is 21.7. The summed E-state index contributed by atoms with van der Waals surface area (Å²) >= 11 is 0. The summed E-state index contributed by atoms with van der Waals surface area (Å²) in [4.78, 5) is 12.5. The molecule has 5 heteroatoms. The molecule has 0 radical (unpaired) electrons. The maximum Gasteiger partial charge on any atom is 0.338 e. The second-order valence-electron chi connectivity index (χ2n) is 6.04. The molecule has 2 aliphatic rings. The maximum atomic E-state index is 12.5. The average Bonchev–Trinajstić information content (AvgIpc) is 3.11. The fourth-order valence-corrected chi connectivity index (χ4v) is 3.09. The fraction of sp³-hybridized carbons (Fsp3) is 0.611. The summed E-state index contributed by atoms with van der Waals surface area (Å²) in [6, 6.07) is 5.21. The quantitative estimate of drug-likeness (QED) is 0.722. The van der Waals surface area contributed by atoms with Gasteiger partial charge in [-0.1, -0.05) is 0 Å². The molecule has 0 N–H and O–H groups in total. The van der Waals surface area contributed by atoms with Crippen LogP contribution in [0.2, 0.25) is 0 Å². The van der Waals surface area contributed by atoms with Gasteiger partial charge < -0.3 is 18.9 Å². The first-order valence-electron chi connectivity index (χ1n) is 8.39. The Kier molecular flexibility index (Phi) is 4.76. The molecule has 0 bridgehead atoms. The number of carbonyl (C=O) groups excluding carboxylic acids is 1. The second kappa shape index (κ2) is 6.79. The van der Waals surface area contributed by atoms with Crippen LogP contribution in [0.15, 0.2) is 18.2 Å². The summed E-state index contributed by atoms with van der Waals surface area (Å²) in [6.45, 7) is 6.34. The van der Waals surface area contributed by atoms with Gasteiger partial charge in [0.25, 0.3) is 0 Å². The number of hydrogen-bond acceptors (Lipinski definition) is 5. The first kappa shape index (κ1) is 16.1. The van der Waals surface area contributed by atoms with Crippen molar-refractivity contribution in [3.05, 3.63) is 23.8 Å². The van der Waals surface area contributed by atoms with E-state index in [0.717, 1.165) is 25.9 Å². The summed E-state index contributed by atoms with van der Waals surface area (Å²) in [5.74, 6) is 1.27. The van der Waals surface area contributed by atoms with E-state index >= 15 is 0 Å². The first-order chi connectivity index (χ1) is 11.2. The fourth-order valence-electron chi connectivity index (χ4n) is 3.09. The van der Waals surface area contributed by atoms with E-state index in [-0.39, 0.29) is 11.6 Å². The lowest BCUT2D eigenvalue weighted by atomic mass is 9.99. The molecule has 1 aromatic carbocycles. The van der Waals surface area contributed by atoms with Crippen molar-refractivity contribution in [3.8, 4) is 11.5 Å². The van der Waals surface area contributed by atoms with Crippen LogP contribution in [0.4, 0.5) is 0 Å². The number of rotatable bonds is 7. The summed E-state index contributed by atoms with van der Waals surface area (Å²) in [5, 5.41) is 0. The highest BCUT2D eigenvalue weighted by Crippen LogP contribution is 2.49. The van der Waals surface area contributed by atoms with Crippen molar-refractivity contribution in [2.75, 3.05) is 26.4 Å². The molecule has 1 aromatic rings. The van der Waals surface area contributed by atoms with E-state index in [1.165, 1.54) is 0 Å². The third kappa shape index (κ3) is 3.44. The van der Waals surface area contributed by atoms with Crippen molar-refractivity contribution in [2.45, 2.75) is 38.7 Å². The Balaban J connectivity index is 1.73. The van der Waals surface area contributed by atoms with Crippen molar-refractivity contribution in [1.29, 1.82) is 0 Å². The van der Waals surface area contributed by atoms with Gasteiger partial charge in [-0.2, -0.15) is 0 Å². The molecule has 1 atom stereocenters. The third-order valence-electron chi connectivity index (χ3n) is 4.49. The summed E-state index contributed by atoms with van der Waals surface area (Å²) in [5.41, 5.74) is 0.194. The number of hydrogen-bond donors (Lipinski definition) is 0. The predicted molar refractivity (Wildman–Crippen MR) is 85.1 cm³/mol. The zero-order valence-corrected chi connectivity index (χ0v) is 13.8. The number of carbonyl (C=O) groups is 1. The Morgan fingerprint density at radius 3 is 2.57 bits per heavy atom. The van der Waals surface area contributed by atoms with Crippen molar-refractivity contribution in [1.82, 2.24) is 0 Å². The highest BCUT2D eigenvalue weighted by molar-refractivity contribution is 5.90. The SMILES string of the molecule is CCOc1ccc(C(=O)OC2(C3CCOC3)CC2)cc1OCC. The van der Waals surface area contributed by atoms with Crippen molar-refractivity contribution >= 4 is 5.97 Å². The highest BCUT2D eigenvalue weighted by atomic mass is 16.6. The molecular weight excluding hydrogens is 296 g/mol. The topological polar surface area (TPSA) is 54.0 Å². The van der Waals surface area contributed by atoms with Gasteiger partial charge in [0.15, 0.2) is 11.5 Å². The zero-order valence-electron chi connectivity index (χ0n) is 13.8. The van der Waals surface area contributed by atoms with Crippen molar-refractivity contribution in [2.24, 2.45) is 5.92 Å². The molecule has 126 valence electrons. The molecule has 1 aliphatic carbocycles. The molecule has 5 nitrogen and oxygen atoms in total. The van der Waals surface area contributed by atoms with E-state index < -0.39 is 0 Å². The number of benzene rings is 1. The largest absolute Gasteiger partial charge is 0.490 e. The van der Waals surface area contributed by atoms with Crippen LogP contribution in [0.5, 0.6) is 11.5 Å². The smallest absolute Gasteiger partial charge is 0.338 e. The van der Waals surface area contributed by atoms with Crippen LogP contribution >= 0.6 is 0 Å². The maximum absolute atomic E-state index is 12.5. The first-order valence-corrected chi connectivity index (χ1v) is 8.39. The zero-order chi connectivity index (χ0) is 16.3. The molecule has 23 heavy (non-hydrogen) atoms. The van der Waals surface area contributed by atoms with Gasteiger partial charge in [-0.15, -0.1) is 0 Å². The molecular formula is C18H24O5. The Bertz CT molecular complexity index is 559. The van der Waals surface area contributed by atoms with E-state index in [9.17, 15) is 4.79 Å². The van der Waals surface area contributed by atoms with Crippen molar-refractivity contribution < 1.29 is 23.7 Å². The Morgan fingerprint density at radius 2 is 1.96 bits per heavy atom. The van der Waals surface area contributed by atoms with E-state index in [2.05, 4.69) is 0 Å². The van der Waals surface area contributed by atoms with E-state index in [4.69, 9.17) is 18.9 Å². The molecule has 1 saturated heterocycles. The molecule has 1 unspecified atom stereocenters. The molecule has 1 saturated carbocycles. The Morgan fingerprint density at radius 1 is 1.22 bits per heavy atom.